The van der Waals surface area contributed by atoms with E-state index >= 15 is 4.39 Å². The van der Waals surface area contributed by atoms with Crippen molar-refractivity contribution in [3.8, 4) is 11.1 Å². The maximum atomic E-state index is 15.6. The number of carbonyl (C=O) groups is 1. The summed E-state index contributed by atoms with van der Waals surface area (Å²) >= 11 is 0. The predicted molar refractivity (Wildman–Crippen MR) is 150 cm³/mol. The van der Waals surface area contributed by atoms with E-state index in [1.165, 1.54) is 30.4 Å². The van der Waals surface area contributed by atoms with Crippen LogP contribution in [0.4, 0.5) is 39.3 Å². The van der Waals surface area contributed by atoms with Crippen molar-refractivity contribution >= 4 is 23.2 Å². The number of morpholine rings is 1. The first kappa shape index (κ1) is 30.4. The minimum absolute atomic E-state index is 0.0239. The lowest BCUT2D eigenvalue weighted by Gasteiger charge is -2.26. The lowest BCUT2D eigenvalue weighted by molar-refractivity contribution is -0.138. The van der Waals surface area contributed by atoms with E-state index in [0.717, 1.165) is 16.8 Å². The van der Waals surface area contributed by atoms with E-state index in [4.69, 9.17) is 4.74 Å². The quantitative estimate of drug-likeness (QED) is 0.428. The zero-order valence-electron chi connectivity index (χ0n) is 23.7. The van der Waals surface area contributed by atoms with Gasteiger partial charge in [0.25, 0.3) is 11.5 Å². The van der Waals surface area contributed by atoms with Crippen molar-refractivity contribution in [1.29, 1.82) is 0 Å². The zero-order valence-corrected chi connectivity index (χ0v) is 23.7. The first-order valence-electron chi connectivity index (χ1n) is 13.5. The van der Waals surface area contributed by atoms with Gasteiger partial charge in [-0.15, -0.1) is 0 Å². The number of anilines is 3. The molecule has 2 aliphatic rings. The van der Waals surface area contributed by atoms with E-state index in [2.05, 4.69) is 15.3 Å². The van der Waals surface area contributed by atoms with Crippen LogP contribution in [0.5, 0.6) is 0 Å². The maximum Gasteiger partial charge on any atom is 0.417 e. The number of halogens is 5. The van der Waals surface area contributed by atoms with Crippen LogP contribution in [0.15, 0.2) is 41.6 Å². The summed E-state index contributed by atoms with van der Waals surface area (Å²) < 4.78 is 78.1. The van der Waals surface area contributed by atoms with Gasteiger partial charge < -0.3 is 29.3 Å². The molecule has 1 amide bonds. The molecule has 0 saturated carbocycles. The fourth-order valence-electron chi connectivity index (χ4n) is 5.20. The highest BCUT2D eigenvalue weighted by Crippen LogP contribution is 2.38. The molecule has 0 bridgehead atoms. The van der Waals surface area contributed by atoms with Crippen molar-refractivity contribution in [1.82, 2.24) is 19.4 Å². The second kappa shape index (κ2) is 11.9. The first-order chi connectivity index (χ1) is 20.3. The Bertz CT molecular complexity index is 1560. The average molecular weight is 608 g/mol. The number of hydrogen-bond donors (Lipinski definition) is 1. The van der Waals surface area contributed by atoms with Crippen LogP contribution in [0.3, 0.4) is 0 Å². The fourth-order valence-corrected chi connectivity index (χ4v) is 5.20. The molecule has 2 aromatic heterocycles. The second-order valence-electron chi connectivity index (χ2n) is 10.7. The van der Waals surface area contributed by atoms with E-state index in [9.17, 15) is 27.2 Å². The molecule has 3 aromatic rings. The van der Waals surface area contributed by atoms with Gasteiger partial charge in [-0.05, 0) is 26.2 Å². The lowest BCUT2D eigenvalue weighted by atomic mass is 10.0. The molecule has 43 heavy (non-hydrogen) atoms. The van der Waals surface area contributed by atoms with Gasteiger partial charge in [0.15, 0.2) is 0 Å². The molecule has 0 radical (unpaired) electrons. The standard InChI is InChI=1S/C28H30F5N7O3/c1-37(2)24-15-40(14-21(24)30)23-10-20(29)17(16-11-34-27(35-12-16)39-4-6-43-7-5-39)8-22(23)36-26(42)18-13-38(3)25(41)9-19(18)28(31,32)33/h8-13,21,24H,4-7,14-15H2,1-3H3,(H,36,42)/t21-,24-/m1/s1. The number of nitrogens with one attached hydrogen (secondary N) is 1. The number of aromatic nitrogens is 3. The Morgan fingerprint density at radius 2 is 1.74 bits per heavy atom. The molecule has 10 nitrogen and oxygen atoms in total. The number of pyridine rings is 1. The van der Waals surface area contributed by atoms with Gasteiger partial charge >= 0.3 is 6.18 Å². The third-order valence-electron chi connectivity index (χ3n) is 7.58. The van der Waals surface area contributed by atoms with Gasteiger partial charge in [-0.1, -0.05) is 0 Å². The Labute approximate surface area is 243 Å². The molecule has 5 rings (SSSR count). The van der Waals surface area contributed by atoms with Gasteiger partial charge in [0.2, 0.25) is 5.95 Å². The molecule has 0 unspecified atom stereocenters. The van der Waals surface area contributed by atoms with Gasteiger partial charge in [-0.2, -0.15) is 13.2 Å². The van der Waals surface area contributed by atoms with Crippen molar-refractivity contribution < 1.29 is 31.5 Å². The number of rotatable bonds is 6. The van der Waals surface area contributed by atoms with E-state index < -0.39 is 46.8 Å². The van der Waals surface area contributed by atoms with E-state index in [1.807, 2.05) is 4.90 Å². The van der Waals surface area contributed by atoms with Crippen LogP contribution < -0.4 is 20.7 Å². The van der Waals surface area contributed by atoms with Crippen LogP contribution in [0.25, 0.3) is 11.1 Å². The number of nitrogens with zero attached hydrogens (tertiary/aromatic N) is 6. The molecule has 2 saturated heterocycles. The van der Waals surface area contributed by atoms with Crippen molar-refractivity contribution in [2.75, 3.05) is 68.6 Å². The van der Waals surface area contributed by atoms with Crippen LogP contribution >= 0.6 is 0 Å². The summed E-state index contributed by atoms with van der Waals surface area (Å²) in [6, 6.07) is 2.18. The Hall–Kier alpha value is -4.11. The molecule has 230 valence electrons. The monoisotopic (exact) mass is 607 g/mol. The van der Waals surface area contributed by atoms with Gasteiger partial charge in [-0.3, -0.25) is 9.59 Å². The maximum absolute atomic E-state index is 15.6. The summed E-state index contributed by atoms with van der Waals surface area (Å²) in [4.78, 5) is 39.1. The molecule has 15 heteroatoms. The average Bonchev–Trinajstić information content (AvgIpc) is 3.36. The Kier molecular flexibility index (Phi) is 8.38. The van der Waals surface area contributed by atoms with Crippen molar-refractivity contribution in [2.45, 2.75) is 18.4 Å². The number of carbonyl (C=O) groups excluding carboxylic acids is 1. The first-order valence-corrected chi connectivity index (χ1v) is 13.5. The number of alkyl halides is 4. The number of hydrogen-bond acceptors (Lipinski definition) is 8. The smallest absolute Gasteiger partial charge is 0.378 e. The highest BCUT2D eigenvalue weighted by Gasteiger charge is 2.38. The lowest BCUT2D eigenvalue weighted by Crippen LogP contribution is -2.37. The summed E-state index contributed by atoms with van der Waals surface area (Å²) in [7, 11) is 4.62. The number of benzene rings is 1. The molecular formula is C28H30F5N7O3. The van der Waals surface area contributed by atoms with Crippen molar-refractivity contribution in [2.24, 2.45) is 7.05 Å². The van der Waals surface area contributed by atoms with E-state index in [0.29, 0.717) is 38.3 Å². The van der Waals surface area contributed by atoms with Crippen LogP contribution in [0.2, 0.25) is 0 Å². The molecule has 2 fully saturated rings. The summed E-state index contributed by atoms with van der Waals surface area (Å²) in [5.41, 5.74) is -2.90. The van der Waals surface area contributed by atoms with Gasteiger partial charge in [-0.25, -0.2) is 18.7 Å². The fraction of sp³-hybridized carbons (Fsp3) is 0.429. The number of ether oxygens (including phenoxy) is 1. The molecule has 1 aromatic carbocycles. The number of amides is 1. The van der Waals surface area contributed by atoms with Crippen LogP contribution in [-0.2, 0) is 18.0 Å². The minimum atomic E-state index is -4.99. The highest BCUT2D eigenvalue weighted by atomic mass is 19.4. The van der Waals surface area contributed by atoms with Crippen LogP contribution in [0.1, 0.15) is 15.9 Å². The number of likely N-dealkylation sites (N-methyl/N-ethyl adjacent to an activating group) is 1. The Balaban J connectivity index is 1.55. The molecule has 2 atom stereocenters. The largest absolute Gasteiger partial charge is 0.417 e. The summed E-state index contributed by atoms with van der Waals surface area (Å²) in [6.45, 7) is 2.21. The van der Waals surface area contributed by atoms with E-state index in [1.54, 1.807) is 19.0 Å². The predicted octanol–water partition coefficient (Wildman–Crippen LogP) is 3.18. The van der Waals surface area contributed by atoms with E-state index in [-0.39, 0.29) is 35.6 Å². The Morgan fingerprint density at radius 1 is 1.07 bits per heavy atom. The molecule has 2 aliphatic heterocycles. The second-order valence-corrected chi connectivity index (χ2v) is 10.7. The van der Waals surface area contributed by atoms with Gasteiger partial charge in [0, 0.05) is 62.5 Å². The van der Waals surface area contributed by atoms with Gasteiger partial charge in [0.1, 0.15) is 12.0 Å². The normalized spacial score (nSPS) is 19.3. The molecule has 4 heterocycles. The van der Waals surface area contributed by atoms with Gasteiger partial charge in [0.05, 0.1) is 48.3 Å². The molecule has 1 N–H and O–H groups in total. The number of aryl methyl sites for hydroxylation is 1. The van der Waals surface area contributed by atoms with Crippen LogP contribution in [-0.4, -0.2) is 91.0 Å². The third kappa shape index (κ3) is 6.32. The van der Waals surface area contributed by atoms with Crippen molar-refractivity contribution in [3.63, 3.8) is 0 Å². The summed E-state index contributed by atoms with van der Waals surface area (Å²) in [5, 5.41) is 2.46. The Morgan fingerprint density at radius 3 is 2.35 bits per heavy atom. The molecular weight excluding hydrogens is 577 g/mol. The van der Waals surface area contributed by atoms with Crippen LogP contribution in [0, 0.1) is 5.82 Å². The topological polar surface area (TPSA) is 95.8 Å². The third-order valence-corrected chi connectivity index (χ3v) is 7.58. The SMILES string of the molecule is CN(C)[C@@H]1CN(c2cc(F)c(-c3cnc(N4CCOCC4)nc3)cc2NC(=O)c2cn(C)c(=O)cc2C(F)(F)F)C[C@H]1F. The minimum Gasteiger partial charge on any atom is -0.378 e. The zero-order chi connectivity index (χ0) is 31.1. The molecule has 0 spiro atoms. The highest BCUT2D eigenvalue weighted by molar-refractivity contribution is 6.07. The van der Waals surface area contributed by atoms with Crippen molar-refractivity contribution in [3.05, 3.63) is 64.1 Å². The summed E-state index contributed by atoms with van der Waals surface area (Å²) in [5.74, 6) is -1.48. The molecule has 0 aliphatic carbocycles. The summed E-state index contributed by atoms with van der Waals surface area (Å²) in [6.07, 6.45) is -2.69.